The van der Waals surface area contributed by atoms with Gasteiger partial charge in [-0.3, -0.25) is 9.78 Å². The van der Waals surface area contributed by atoms with E-state index in [9.17, 15) is 4.79 Å². The Kier molecular flexibility index (Phi) is 6.45. The number of nitrogens with two attached hydrogens (primary N) is 1. The molecule has 5 heteroatoms. The zero-order valence-electron chi connectivity index (χ0n) is 12.7. The number of hydrogen-bond acceptors (Lipinski definition) is 4. The van der Waals surface area contributed by atoms with E-state index in [-0.39, 0.29) is 11.9 Å². The first-order valence-corrected chi connectivity index (χ1v) is 6.99. The van der Waals surface area contributed by atoms with Crippen molar-refractivity contribution in [3.8, 4) is 5.75 Å². The highest BCUT2D eigenvalue weighted by molar-refractivity contribution is 5.80. The highest BCUT2D eigenvalue weighted by atomic mass is 16.5. The summed E-state index contributed by atoms with van der Waals surface area (Å²) in [5.74, 6) is 0.966. The molecule has 0 fully saturated rings. The lowest BCUT2D eigenvalue weighted by Gasteiger charge is -2.24. The molecule has 2 atom stereocenters. The summed E-state index contributed by atoms with van der Waals surface area (Å²) in [5, 5.41) is 0. The smallest absolute Gasteiger partial charge is 0.263 e. The van der Waals surface area contributed by atoms with Crippen molar-refractivity contribution < 1.29 is 9.53 Å². The molecule has 20 heavy (non-hydrogen) atoms. The van der Waals surface area contributed by atoms with Crippen LogP contribution in [0.15, 0.2) is 24.5 Å². The summed E-state index contributed by atoms with van der Waals surface area (Å²) < 4.78 is 5.57. The van der Waals surface area contributed by atoms with Gasteiger partial charge in [0, 0.05) is 25.8 Å². The van der Waals surface area contributed by atoms with Gasteiger partial charge in [-0.2, -0.15) is 0 Å². The minimum atomic E-state index is -0.528. The van der Waals surface area contributed by atoms with Crippen LogP contribution in [0.4, 0.5) is 0 Å². The van der Waals surface area contributed by atoms with Crippen molar-refractivity contribution >= 4 is 5.91 Å². The highest BCUT2D eigenvalue weighted by Gasteiger charge is 2.20. The predicted octanol–water partition coefficient (Wildman–Crippen LogP) is 1.68. The van der Waals surface area contributed by atoms with Crippen molar-refractivity contribution in [2.45, 2.75) is 39.3 Å². The van der Waals surface area contributed by atoms with Crippen LogP contribution in [-0.2, 0) is 4.79 Å². The van der Waals surface area contributed by atoms with Crippen molar-refractivity contribution in [3.63, 3.8) is 0 Å². The molecule has 5 nitrogen and oxygen atoms in total. The fourth-order valence-corrected chi connectivity index (χ4v) is 1.77. The summed E-state index contributed by atoms with van der Waals surface area (Å²) in [5.41, 5.74) is 5.99. The van der Waals surface area contributed by atoms with Crippen LogP contribution >= 0.6 is 0 Å². The first-order valence-electron chi connectivity index (χ1n) is 6.99. The van der Waals surface area contributed by atoms with Gasteiger partial charge in [-0.1, -0.05) is 13.8 Å². The largest absolute Gasteiger partial charge is 0.479 e. The fraction of sp³-hybridized carbons (Fsp3) is 0.600. The van der Waals surface area contributed by atoms with Gasteiger partial charge in [0.15, 0.2) is 6.10 Å². The fourth-order valence-electron chi connectivity index (χ4n) is 1.77. The standard InChI is InChI=1S/C15H25N3O2/c1-11(2)14(16)7-9-18(4)15(19)12(3)20-13-6-5-8-17-10-13/h5-6,8,10-12,14H,7,9,16H2,1-4H3. The second-order valence-corrected chi connectivity index (χ2v) is 5.41. The molecule has 0 bridgehead atoms. The highest BCUT2D eigenvalue weighted by Crippen LogP contribution is 2.11. The van der Waals surface area contributed by atoms with Crippen molar-refractivity contribution in [2.75, 3.05) is 13.6 Å². The van der Waals surface area contributed by atoms with Crippen LogP contribution in [0.5, 0.6) is 5.75 Å². The molecule has 2 N–H and O–H groups in total. The van der Waals surface area contributed by atoms with E-state index in [4.69, 9.17) is 10.5 Å². The van der Waals surface area contributed by atoms with E-state index in [1.54, 1.807) is 43.4 Å². The number of nitrogens with zero attached hydrogens (tertiary/aromatic N) is 2. The van der Waals surface area contributed by atoms with Crippen molar-refractivity contribution in [1.82, 2.24) is 9.88 Å². The average molecular weight is 279 g/mol. The molecule has 0 aromatic carbocycles. The van der Waals surface area contributed by atoms with E-state index in [2.05, 4.69) is 18.8 Å². The number of hydrogen-bond donors (Lipinski definition) is 1. The van der Waals surface area contributed by atoms with E-state index in [0.717, 1.165) is 6.42 Å². The second-order valence-electron chi connectivity index (χ2n) is 5.41. The summed E-state index contributed by atoms with van der Waals surface area (Å²) in [6, 6.07) is 3.67. The Morgan fingerprint density at radius 2 is 2.15 bits per heavy atom. The van der Waals surface area contributed by atoms with Gasteiger partial charge in [-0.05, 0) is 31.4 Å². The first kappa shape index (κ1) is 16.4. The molecule has 0 radical (unpaired) electrons. The van der Waals surface area contributed by atoms with Gasteiger partial charge in [0.05, 0.1) is 6.20 Å². The predicted molar refractivity (Wildman–Crippen MR) is 79.4 cm³/mol. The third-order valence-electron chi connectivity index (χ3n) is 3.33. The summed E-state index contributed by atoms with van der Waals surface area (Å²) in [4.78, 5) is 17.8. The van der Waals surface area contributed by atoms with Gasteiger partial charge in [-0.25, -0.2) is 0 Å². The van der Waals surface area contributed by atoms with Gasteiger partial charge in [0.2, 0.25) is 0 Å². The summed E-state index contributed by atoms with van der Waals surface area (Å²) in [7, 11) is 1.78. The maximum Gasteiger partial charge on any atom is 0.263 e. The number of pyridine rings is 1. The van der Waals surface area contributed by atoms with Crippen LogP contribution < -0.4 is 10.5 Å². The second kappa shape index (κ2) is 7.85. The molecule has 0 saturated carbocycles. The number of carbonyl (C=O) groups is 1. The lowest BCUT2D eigenvalue weighted by molar-refractivity contribution is -0.136. The van der Waals surface area contributed by atoms with Crippen LogP contribution in [0.1, 0.15) is 27.2 Å². The lowest BCUT2D eigenvalue weighted by atomic mass is 10.0. The number of likely N-dealkylation sites (N-methyl/N-ethyl adjacent to an activating group) is 1. The lowest BCUT2D eigenvalue weighted by Crippen LogP contribution is -2.40. The Hall–Kier alpha value is -1.62. The number of aromatic nitrogens is 1. The summed E-state index contributed by atoms with van der Waals surface area (Å²) in [6.45, 7) is 6.55. The Labute approximate surface area is 121 Å². The van der Waals surface area contributed by atoms with Gasteiger partial charge < -0.3 is 15.4 Å². The van der Waals surface area contributed by atoms with E-state index in [0.29, 0.717) is 18.2 Å². The van der Waals surface area contributed by atoms with Crippen LogP contribution in [-0.4, -0.2) is 41.5 Å². The van der Waals surface area contributed by atoms with Crippen LogP contribution in [0.2, 0.25) is 0 Å². The zero-order valence-corrected chi connectivity index (χ0v) is 12.7. The van der Waals surface area contributed by atoms with Crippen LogP contribution in [0.25, 0.3) is 0 Å². The van der Waals surface area contributed by atoms with Crippen LogP contribution in [0.3, 0.4) is 0 Å². The normalized spacial score (nSPS) is 13.9. The molecule has 1 heterocycles. The molecule has 2 unspecified atom stereocenters. The Morgan fingerprint density at radius 1 is 1.45 bits per heavy atom. The monoisotopic (exact) mass is 279 g/mol. The maximum absolute atomic E-state index is 12.2. The molecule has 0 aliphatic carbocycles. The molecule has 0 aliphatic rings. The van der Waals surface area contributed by atoms with E-state index in [1.807, 2.05) is 0 Å². The van der Waals surface area contributed by atoms with Crippen molar-refractivity contribution in [1.29, 1.82) is 0 Å². The minimum Gasteiger partial charge on any atom is -0.479 e. The minimum absolute atomic E-state index is 0.0511. The maximum atomic E-state index is 12.2. The number of amides is 1. The number of ether oxygens (including phenoxy) is 1. The molecular weight excluding hydrogens is 254 g/mol. The number of rotatable bonds is 7. The van der Waals surface area contributed by atoms with E-state index >= 15 is 0 Å². The Balaban J connectivity index is 2.44. The summed E-state index contributed by atoms with van der Waals surface area (Å²) in [6.07, 6.45) is 3.52. The molecule has 112 valence electrons. The quantitative estimate of drug-likeness (QED) is 0.824. The van der Waals surface area contributed by atoms with Gasteiger partial charge in [-0.15, -0.1) is 0 Å². The van der Waals surface area contributed by atoms with Crippen molar-refractivity contribution in [2.24, 2.45) is 11.7 Å². The first-order chi connectivity index (χ1) is 9.41. The molecule has 0 aliphatic heterocycles. The molecule has 1 aromatic heterocycles. The Bertz CT molecular complexity index is 409. The third-order valence-corrected chi connectivity index (χ3v) is 3.33. The van der Waals surface area contributed by atoms with E-state index < -0.39 is 6.10 Å². The molecule has 1 amide bonds. The molecule has 0 spiro atoms. The Morgan fingerprint density at radius 3 is 2.70 bits per heavy atom. The molecule has 0 saturated heterocycles. The van der Waals surface area contributed by atoms with Gasteiger partial charge >= 0.3 is 0 Å². The van der Waals surface area contributed by atoms with Crippen LogP contribution in [0, 0.1) is 5.92 Å². The number of carbonyl (C=O) groups excluding carboxylic acids is 1. The van der Waals surface area contributed by atoms with Crippen molar-refractivity contribution in [3.05, 3.63) is 24.5 Å². The molecular formula is C15H25N3O2. The summed E-state index contributed by atoms with van der Waals surface area (Å²) >= 11 is 0. The SMILES string of the molecule is CC(Oc1cccnc1)C(=O)N(C)CCC(N)C(C)C. The topological polar surface area (TPSA) is 68.5 Å². The molecule has 1 rings (SSSR count). The third kappa shape index (κ3) is 5.17. The van der Waals surface area contributed by atoms with Gasteiger partial charge in [0.25, 0.3) is 5.91 Å². The average Bonchev–Trinajstić information content (AvgIpc) is 2.44. The zero-order chi connectivity index (χ0) is 15.1. The van der Waals surface area contributed by atoms with E-state index in [1.165, 1.54) is 0 Å². The molecule has 1 aromatic rings. The van der Waals surface area contributed by atoms with Gasteiger partial charge in [0.1, 0.15) is 5.75 Å².